The molecule has 5 rings (SSSR count). The van der Waals surface area contributed by atoms with Crippen molar-refractivity contribution in [2.45, 2.75) is 61.1 Å². The van der Waals surface area contributed by atoms with Crippen LogP contribution in [-0.2, 0) is 14.2 Å². The molecule has 0 amide bonds. The van der Waals surface area contributed by atoms with Gasteiger partial charge < -0.3 is 73.7 Å². The second-order valence-corrected chi connectivity index (χ2v) is 10.5. The lowest BCUT2D eigenvalue weighted by Gasteiger charge is -2.49. The van der Waals surface area contributed by atoms with Crippen LogP contribution in [0.3, 0.4) is 0 Å². The molecule has 0 saturated carbocycles. The Morgan fingerprint density at radius 1 is 0.800 bits per heavy atom. The van der Waals surface area contributed by atoms with Crippen LogP contribution >= 0.6 is 0 Å². The third kappa shape index (κ3) is 6.10. The molecule has 45 heavy (non-hydrogen) atoms. The van der Waals surface area contributed by atoms with Crippen LogP contribution in [0.1, 0.15) is 0 Å². The zero-order valence-corrected chi connectivity index (χ0v) is 24.0. The van der Waals surface area contributed by atoms with Crippen molar-refractivity contribution < 1.29 is 73.7 Å². The van der Waals surface area contributed by atoms with E-state index < -0.39 is 74.3 Å². The zero-order valence-electron chi connectivity index (χ0n) is 24.0. The van der Waals surface area contributed by atoms with E-state index in [-0.39, 0.29) is 27.9 Å². The summed E-state index contributed by atoms with van der Waals surface area (Å²) in [7, 11) is 2.95. The summed E-state index contributed by atoms with van der Waals surface area (Å²) >= 11 is 0. The Morgan fingerprint density at radius 2 is 1.53 bits per heavy atom. The quantitative estimate of drug-likeness (QED) is 0.116. The van der Waals surface area contributed by atoms with Gasteiger partial charge in [-0.25, -0.2) is 0 Å². The first-order valence-electron chi connectivity index (χ1n) is 13.8. The molecule has 0 spiro atoms. The number of rotatable bonds is 9. The van der Waals surface area contributed by atoms with E-state index in [1.165, 1.54) is 38.5 Å². The summed E-state index contributed by atoms with van der Waals surface area (Å²) in [5, 5.41) is 82.8. The van der Waals surface area contributed by atoms with E-state index in [1.54, 1.807) is 18.2 Å². The number of hydrogen-bond acceptors (Lipinski definition) is 16. The number of fused-ring (bicyclic) bond motifs is 1. The summed E-state index contributed by atoms with van der Waals surface area (Å²) in [5.74, 6) is -1.86. The van der Waals surface area contributed by atoms with Gasteiger partial charge >= 0.3 is 0 Å². The van der Waals surface area contributed by atoms with E-state index in [0.717, 1.165) is 0 Å². The minimum absolute atomic E-state index is 0.00310. The summed E-state index contributed by atoms with van der Waals surface area (Å²) in [4.78, 5) is 12.9. The molecule has 246 valence electrons. The van der Waals surface area contributed by atoms with Gasteiger partial charge in [-0.2, -0.15) is 0 Å². The normalized spacial score (nSPS) is 33.6. The fourth-order valence-electron chi connectivity index (χ4n) is 5.17. The highest BCUT2D eigenvalue weighted by atomic mass is 16.8. The van der Waals surface area contributed by atoms with Crippen molar-refractivity contribution in [3.63, 3.8) is 0 Å². The number of benzene rings is 2. The van der Waals surface area contributed by atoms with Gasteiger partial charge in [0.05, 0.1) is 32.8 Å². The molecule has 0 aliphatic carbocycles. The van der Waals surface area contributed by atoms with E-state index in [4.69, 9.17) is 32.8 Å². The highest BCUT2D eigenvalue weighted by Gasteiger charge is 2.59. The smallest absolute Gasteiger partial charge is 0.229 e. The number of aliphatic hydroxyl groups excluding tert-OH is 7. The van der Waals surface area contributed by atoms with Crippen molar-refractivity contribution in [3.05, 3.63) is 52.7 Å². The van der Waals surface area contributed by atoms with Crippen LogP contribution in [0.25, 0.3) is 22.3 Å². The molecule has 3 aromatic rings. The lowest BCUT2D eigenvalue weighted by molar-refractivity contribution is -0.435. The maximum atomic E-state index is 12.9. The Balaban J connectivity index is 1.38. The second kappa shape index (κ2) is 13.1. The van der Waals surface area contributed by atoms with Gasteiger partial charge in [0.15, 0.2) is 23.2 Å². The van der Waals surface area contributed by atoms with E-state index >= 15 is 0 Å². The topological polar surface area (TPSA) is 247 Å². The van der Waals surface area contributed by atoms with Gasteiger partial charge in [-0.3, -0.25) is 4.79 Å². The molecular formula is C29H34O16. The lowest BCUT2D eigenvalue weighted by atomic mass is 9.94. The first-order valence-corrected chi connectivity index (χ1v) is 13.8. The van der Waals surface area contributed by atoms with Gasteiger partial charge in [-0.05, 0) is 30.3 Å². The molecule has 2 aromatic carbocycles. The average molecular weight is 639 g/mol. The Hall–Kier alpha value is -3.39. The third-order valence-electron chi connectivity index (χ3n) is 7.73. The summed E-state index contributed by atoms with van der Waals surface area (Å²) in [6.45, 7) is -1.80. The van der Waals surface area contributed by atoms with Gasteiger partial charge in [-0.1, -0.05) is 0 Å². The molecule has 2 aliphatic rings. The molecule has 10 atom stereocenters. The van der Waals surface area contributed by atoms with E-state index in [0.29, 0.717) is 17.1 Å². The zero-order chi connectivity index (χ0) is 32.6. The van der Waals surface area contributed by atoms with Gasteiger partial charge in [-0.15, -0.1) is 0 Å². The maximum Gasteiger partial charge on any atom is 0.229 e. The van der Waals surface area contributed by atoms with Crippen LogP contribution in [0.5, 0.6) is 17.2 Å². The molecule has 16 nitrogen and oxygen atoms in total. The molecule has 2 fully saturated rings. The number of hydrogen-bond donors (Lipinski definition) is 8. The minimum Gasteiger partial charge on any atom is -0.493 e. The minimum atomic E-state index is -2.94. The Morgan fingerprint density at radius 3 is 2.20 bits per heavy atom. The van der Waals surface area contributed by atoms with Crippen molar-refractivity contribution >= 4 is 11.0 Å². The van der Waals surface area contributed by atoms with E-state index in [9.17, 15) is 45.6 Å². The fraction of sp³-hybridized carbons (Fsp3) is 0.483. The molecule has 1 aromatic heterocycles. The van der Waals surface area contributed by atoms with Crippen molar-refractivity contribution in [2.75, 3.05) is 27.4 Å². The van der Waals surface area contributed by atoms with Crippen LogP contribution in [0.15, 0.2) is 51.7 Å². The Bertz CT molecular complexity index is 1540. The molecule has 2 saturated heterocycles. The molecule has 0 bridgehead atoms. The molecule has 2 aliphatic heterocycles. The lowest BCUT2D eigenvalue weighted by Crippen LogP contribution is -2.71. The van der Waals surface area contributed by atoms with Crippen molar-refractivity contribution in [1.82, 2.24) is 0 Å². The van der Waals surface area contributed by atoms with Crippen molar-refractivity contribution in [1.29, 1.82) is 0 Å². The summed E-state index contributed by atoms with van der Waals surface area (Å²) in [5.41, 5.74) is 0.237. The SMILES string of the molecule is COc1ccc(-c2cc(=O)c3ccc(OC4OC(CO)C(O)(OC5OC(CO)C(O)C(O)C5O)C(O)C4O)cc3o2)cc1OC. The van der Waals surface area contributed by atoms with Crippen LogP contribution in [-0.4, -0.2) is 129 Å². The maximum absolute atomic E-state index is 12.9. The molecule has 8 N–H and O–H groups in total. The molecule has 3 heterocycles. The number of ether oxygens (including phenoxy) is 6. The Labute approximate surface area is 254 Å². The van der Waals surface area contributed by atoms with Crippen LogP contribution in [0.2, 0.25) is 0 Å². The largest absolute Gasteiger partial charge is 0.493 e. The molecule has 10 unspecified atom stereocenters. The first kappa shape index (κ1) is 33.0. The third-order valence-corrected chi connectivity index (χ3v) is 7.73. The second-order valence-electron chi connectivity index (χ2n) is 10.5. The van der Waals surface area contributed by atoms with Gasteiger partial charge in [0.1, 0.15) is 59.8 Å². The van der Waals surface area contributed by atoms with Crippen LogP contribution in [0.4, 0.5) is 0 Å². The van der Waals surface area contributed by atoms with E-state index in [2.05, 4.69) is 0 Å². The van der Waals surface area contributed by atoms with Gasteiger partial charge in [0.2, 0.25) is 12.1 Å². The van der Waals surface area contributed by atoms with Gasteiger partial charge in [0.25, 0.3) is 0 Å². The highest BCUT2D eigenvalue weighted by molar-refractivity contribution is 5.80. The molecule has 0 radical (unpaired) electrons. The van der Waals surface area contributed by atoms with Crippen LogP contribution < -0.4 is 19.6 Å². The van der Waals surface area contributed by atoms with Crippen LogP contribution in [0, 0.1) is 0 Å². The standard InChI is InChI=1S/C29H34O16/c1-39-16-6-3-12(7-19(16)40-2)17-9-15(32)14-5-4-13(8-18(14)42-17)41-27-25(36)26(37)29(38,21(11-31)44-27)45-28-24(35)23(34)22(33)20(10-30)43-28/h3-9,20-28,30-31,33-38H,10-11H2,1-2H3. The average Bonchev–Trinajstić information content (AvgIpc) is 3.04. The fourth-order valence-corrected chi connectivity index (χ4v) is 5.17. The first-order chi connectivity index (χ1) is 21.4. The monoisotopic (exact) mass is 638 g/mol. The summed E-state index contributed by atoms with van der Waals surface area (Å²) in [6, 6.07) is 10.4. The van der Waals surface area contributed by atoms with E-state index in [1.807, 2.05) is 0 Å². The number of methoxy groups -OCH3 is 2. The Kier molecular flexibility index (Phi) is 9.64. The van der Waals surface area contributed by atoms with Crippen molar-refractivity contribution in [3.8, 4) is 28.6 Å². The van der Waals surface area contributed by atoms with Gasteiger partial charge in [0, 0.05) is 17.7 Å². The molecular weight excluding hydrogens is 604 g/mol. The predicted octanol–water partition coefficient (Wildman–Crippen LogP) is -2.20. The number of aliphatic hydroxyl groups is 8. The predicted molar refractivity (Wildman–Crippen MR) is 149 cm³/mol. The summed E-state index contributed by atoms with van der Waals surface area (Å²) < 4.78 is 38.3. The molecule has 16 heteroatoms. The highest BCUT2D eigenvalue weighted by Crippen LogP contribution is 2.37. The van der Waals surface area contributed by atoms with Crippen molar-refractivity contribution in [2.24, 2.45) is 0 Å². The summed E-state index contributed by atoms with van der Waals surface area (Å²) in [6.07, 6.45) is -16.7.